The first kappa shape index (κ1) is 30.7. The second-order valence-corrected chi connectivity index (χ2v) is 7.50. The standard InChI is InChI=1S/C18H30N4O12/c19-1-2-20-3-4-21-17(5-11(23)24,6-12(25)26)18(7-13(27)28,8-14(29)30)22(9-15(31)32)10-16(33)34/h20-21H,1-10,19H2,(H,23,24)(H,25,26)(H,27,28)(H,29,30)(H,31,32)(H,33,34). The minimum atomic E-state index is -2.61. The number of nitrogens with two attached hydrogens (primary N) is 1. The van der Waals surface area contributed by atoms with Crippen LogP contribution in [0.15, 0.2) is 0 Å². The number of carboxylic acid groups (broad SMARTS) is 6. The van der Waals surface area contributed by atoms with E-state index >= 15 is 0 Å². The zero-order valence-corrected chi connectivity index (χ0v) is 18.2. The van der Waals surface area contributed by atoms with Gasteiger partial charge in [0.15, 0.2) is 0 Å². The summed E-state index contributed by atoms with van der Waals surface area (Å²) in [7, 11) is 0. The zero-order valence-electron chi connectivity index (χ0n) is 18.2. The molecule has 0 bridgehead atoms. The van der Waals surface area contributed by atoms with Gasteiger partial charge >= 0.3 is 35.8 Å². The largest absolute Gasteiger partial charge is 0.481 e. The third kappa shape index (κ3) is 9.65. The van der Waals surface area contributed by atoms with Gasteiger partial charge in [-0.05, 0) is 0 Å². The maximum absolute atomic E-state index is 11.8. The predicted molar refractivity (Wildman–Crippen MR) is 111 cm³/mol. The number of hydrogen-bond donors (Lipinski definition) is 9. The molecule has 0 aromatic rings. The molecule has 0 aromatic heterocycles. The summed E-state index contributed by atoms with van der Waals surface area (Å²) in [5.41, 5.74) is 0.328. The van der Waals surface area contributed by atoms with Crippen LogP contribution in [-0.2, 0) is 28.8 Å². The molecule has 194 valence electrons. The van der Waals surface area contributed by atoms with Crippen molar-refractivity contribution in [2.75, 3.05) is 39.3 Å². The van der Waals surface area contributed by atoms with Gasteiger partial charge < -0.3 is 47.0 Å². The predicted octanol–water partition coefficient (Wildman–Crippen LogP) is -3.03. The van der Waals surface area contributed by atoms with Crippen molar-refractivity contribution in [2.24, 2.45) is 5.73 Å². The van der Waals surface area contributed by atoms with Crippen LogP contribution >= 0.6 is 0 Å². The Hall–Kier alpha value is -3.34. The fourth-order valence-corrected chi connectivity index (χ4v) is 3.93. The van der Waals surface area contributed by atoms with Crippen LogP contribution in [0, 0.1) is 0 Å². The average Bonchev–Trinajstić information content (AvgIpc) is 2.63. The monoisotopic (exact) mass is 494 g/mol. The fraction of sp³-hybridized carbons (Fsp3) is 0.667. The van der Waals surface area contributed by atoms with Crippen LogP contribution in [0.25, 0.3) is 0 Å². The number of nitrogens with zero attached hydrogens (tertiary/aromatic N) is 1. The molecule has 0 spiro atoms. The second-order valence-electron chi connectivity index (χ2n) is 7.50. The van der Waals surface area contributed by atoms with Gasteiger partial charge in [0.25, 0.3) is 0 Å². The fourth-order valence-electron chi connectivity index (χ4n) is 3.93. The van der Waals surface area contributed by atoms with Crippen molar-refractivity contribution in [1.29, 1.82) is 0 Å². The first-order valence-electron chi connectivity index (χ1n) is 9.93. The quantitative estimate of drug-likeness (QED) is 0.0761. The molecule has 0 saturated carbocycles. The minimum Gasteiger partial charge on any atom is -0.481 e. The van der Waals surface area contributed by atoms with E-state index in [4.69, 9.17) is 5.73 Å². The molecule has 0 rings (SSSR count). The van der Waals surface area contributed by atoms with Gasteiger partial charge in [0.05, 0.1) is 49.9 Å². The lowest BCUT2D eigenvalue weighted by atomic mass is 9.66. The van der Waals surface area contributed by atoms with Crippen LogP contribution < -0.4 is 16.4 Å². The zero-order chi connectivity index (χ0) is 26.5. The van der Waals surface area contributed by atoms with E-state index in [0.29, 0.717) is 11.4 Å². The topological polar surface area (TPSA) is 277 Å². The second kappa shape index (κ2) is 14.0. The Morgan fingerprint density at radius 2 is 1.03 bits per heavy atom. The van der Waals surface area contributed by atoms with Gasteiger partial charge in [0.1, 0.15) is 0 Å². The van der Waals surface area contributed by atoms with Crippen molar-refractivity contribution >= 4 is 35.8 Å². The average molecular weight is 494 g/mol. The van der Waals surface area contributed by atoms with Crippen LogP contribution in [0.4, 0.5) is 0 Å². The summed E-state index contributed by atoms with van der Waals surface area (Å²) < 4.78 is 0. The molecule has 34 heavy (non-hydrogen) atoms. The Labute approximate surface area is 193 Å². The Kier molecular flexibility index (Phi) is 12.7. The highest BCUT2D eigenvalue weighted by Gasteiger charge is 2.59. The maximum Gasteiger partial charge on any atom is 0.317 e. The summed E-state index contributed by atoms with van der Waals surface area (Å²) >= 11 is 0. The number of carboxylic acids is 6. The van der Waals surface area contributed by atoms with Crippen molar-refractivity contribution in [1.82, 2.24) is 15.5 Å². The molecule has 0 radical (unpaired) electrons. The third-order valence-electron chi connectivity index (χ3n) is 5.03. The lowest BCUT2D eigenvalue weighted by Crippen LogP contribution is -2.74. The molecule has 0 aliphatic heterocycles. The number of carbonyl (C=O) groups is 6. The molecule has 16 nitrogen and oxygen atoms in total. The van der Waals surface area contributed by atoms with E-state index in [0.717, 1.165) is 0 Å². The molecule has 0 unspecified atom stereocenters. The van der Waals surface area contributed by atoms with Gasteiger partial charge in [-0.2, -0.15) is 0 Å². The van der Waals surface area contributed by atoms with Crippen LogP contribution in [0.1, 0.15) is 25.7 Å². The van der Waals surface area contributed by atoms with Gasteiger partial charge in [-0.25, -0.2) is 0 Å². The van der Waals surface area contributed by atoms with E-state index in [-0.39, 0.29) is 19.6 Å². The van der Waals surface area contributed by atoms with Gasteiger partial charge in [-0.15, -0.1) is 0 Å². The highest BCUT2D eigenvalue weighted by molar-refractivity contribution is 5.80. The summed E-state index contributed by atoms with van der Waals surface area (Å²) in [5, 5.41) is 62.4. The number of hydrogen-bond acceptors (Lipinski definition) is 10. The Morgan fingerprint density at radius 3 is 1.35 bits per heavy atom. The van der Waals surface area contributed by atoms with E-state index in [1.165, 1.54) is 0 Å². The summed E-state index contributed by atoms with van der Waals surface area (Å²) in [6.07, 6.45) is -4.87. The summed E-state index contributed by atoms with van der Waals surface area (Å²) in [4.78, 5) is 70.8. The van der Waals surface area contributed by atoms with Gasteiger partial charge in [-0.1, -0.05) is 0 Å². The number of aliphatic carboxylic acids is 6. The molecule has 0 aromatic carbocycles. The molecule has 0 heterocycles. The van der Waals surface area contributed by atoms with Gasteiger partial charge in [0, 0.05) is 26.2 Å². The molecule has 0 saturated heterocycles. The van der Waals surface area contributed by atoms with Crippen molar-refractivity contribution in [3.05, 3.63) is 0 Å². The van der Waals surface area contributed by atoms with Crippen LogP contribution in [-0.4, -0.2) is 122 Å². The molecule has 0 atom stereocenters. The molecule has 0 fully saturated rings. The summed E-state index contributed by atoms with van der Waals surface area (Å²) in [6.45, 7) is -2.03. The van der Waals surface area contributed by atoms with Crippen LogP contribution in [0.3, 0.4) is 0 Å². The van der Waals surface area contributed by atoms with E-state index in [1.54, 1.807) is 0 Å². The lowest BCUT2D eigenvalue weighted by molar-refractivity contribution is -0.165. The van der Waals surface area contributed by atoms with Gasteiger partial charge in [0.2, 0.25) is 0 Å². The first-order chi connectivity index (χ1) is 15.7. The van der Waals surface area contributed by atoms with Crippen molar-refractivity contribution in [3.63, 3.8) is 0 Å². The molecule has 10 N–H and O–H groups in total. The maximum atomic E-state index is 11.8. The molecular weight excluding hydrogens is 464 g/mol. The van der Waals surface area contributed by atoms with E-state index < -0.39 is 85.7 Å². The van der Waals surface area contributed by atoms with E-state index in [1.807, 2.05) is 0 Å². The first-order valence-corrected chi connectivity index (χ1v) is 9.93. The molecule has 0 aliphatic rings. The van der Waals surface area contributed by atoms with Crippen molar-refractivity contribution in [3.8, 4) is 0 Å². The lowest BCUT2D eigenvalue weighted by Gasteiger charge is -2.54. The molecule has 0 aliphatic carbocycles. The van der Waals surface area contributed by atoms with Crippen molar-refractivity contribution < 1.29 is 59.4 Å². The smallest absolute Gasteiger partial charge is 0.317 e. The number of nitrogens with one attached hydrogen (secondary N) is 2. The van der Waals surface area contributed by atoms with Crippen molar-refractivity contribution in [2.45, 2.75) is 36.8 Å². The highest BCUT2D eigenvalue weighted by atomic mass is 16.4. The number of rotatable bonds is 20. The molecule has 16 heteroatoms. The molecular formula is C18H30N4O12. The Balaban J connectivity index is 7.15. The van der Waals surface area contributed by atoms with E-state index in [2.05, 4.69) is 10.6 Å². The Bertz CT molecular complexity index is 724. The summed E-state index contributed by atoms with van der Waals surface area (Å²) in [6, 6.07) is 0. The SMILES string of the molecule is NCCNCCNC(CC(=O)O)(CC(=O)O)C(CC(=O)O)(CC(=O)O)N(CC(=O)O)CC(=O)O. The third-order valence-corrected chi connectivity index (χ3v) is 5.03. The highest BCUT2D eigenvalue weighted by Crippen LogP contribution is 2.41. The van der Waals surface area contributed by atoms with Crippen LogP contribution in [0.5, 0.6) is 0 Å². The Morgan fingerprint density at radius 1 is 0.618 bits per heavy atom. The normalized spacial score (nSPS) is 11.8. The van der Waals surface area contributed by atoms with E-state index in [9.17, 15) is 59.4 Å². The van der Waals surface area contributed by atoms with Crippen LogP contribution in [0.2, 0.25) is 0 Å². The minimum absolute atomic E-state index is 0.0618. The molecule has 0 amide bonds. The summed E-state index contributed by atoms with van der Waals surface area (Å²) in [5.74, 6) is -10.1. The van der Waals surface area contributed by atoms with Gasteiger partial charge in [-0.3, -0.25) is 33.7 Å².